The summed E-state index contributed by atoms with van der Waals surface area (Å²) < 4.78 is 33.2. The molecule has 2 aromatic carbocycles. The van der Waals surface area contributed by atoms with E-state index in [4.69, 9.17) is 22.1 Å². The van der Waals surface area contributed by atoms with Crippen LogP contribution >= 0.6 is 22.9 Å². The average molecular weight is 529 g/mol. The molecule has 0 saturated heterocycles. The summed E-state index contributed by atoms with van der Waals surface area (Å²) in [6.07, 6.45) is 3.31. The normalized spacial score (nSPS) is 11.4. The first-order valence-corrected chi connectivity index (χ1v) is 13.0. The molecule has 0 fully saturated rings. The zero-order valence-electron chi connectivity index (χ0n) is 18.8. The molecule has 0 aliphatic heterocycles. The summed E-state index contributed by atoms with van der Waals surface area (Å²) in [6, 6.07) is 12.7. The number of carboxylic acid groups (broad SMARTS) is 1. The number of carboxylic acids is 1. The molecule has 4 rings (SSSR count). The van der Waals surface area contributed by atoms with Crippen molar-refractivity contribution < 1.29 is 23.1 Å². The van der Waals surface area contributed by atoms with E-state index in [1.54, 1.807) is 36.7 Å². The van der Waals surface area contributed by atoms with Crippen LogP contribution in [0.25, 0.3) is 10.4 Å². The lowest BCUT2D eigenvalue weighted by Gasteiger charge is -2.22. The van der Waals surface area contributed by atoms with Crippen molar-refractivity contribution in [3.05, 3.63) is 87.5 Å². The van der Waals surface area contributed by atoms with E-state index in [1.807, 2.05) is 0 Å². The summed E-state index contributed by atoms with van der Waals surface area (Å²) in [6.45, 7) is 1.52. The molecular weight excluding hydrogens is 508 g/mol. The maximum absolute atomic E-state index is 13.8. The summed E-state index contributed by atoms with van der Waals surface area (Å²) in [5.74, 6) is -0.899. The van der Waals surface area contributed by atoms with Gasteiger partial charge in [0, 0.05) is 34.9 Å². The molecule has 0 radical (unpaired) electrons. The molecule has 7 nitrogen and oxygen atoms in total. The van der Waals surface area contributed by atoms with Crippen LogP contribution in [-0.4, -0.2) is 31.6 Å². The number of anilines is 1. The molecule has 0 unspecified atom stereocenters. The fourth-order valence-corrected chi connectivity index (χ4v) is 6.82. The monoisotopic (exact) mass is 528 g/mol. The Labute approximate surface area is 211 Å². The number of halogens is 1. The Kier molecular flexibility index (Phi) is 6.84. The minimum Gasteiger partial charge on any atom is -0.497 e. The predicted octanol–water partition coefficient (Wildman–Crippen LogP) is 5.48. The summed E-state index contributed by atoms with van der Waals surface area (Å²) in [5.41, 5.74) is 7.99. The SMILES string of the molecule is COc1ccc(S(=O)(=O)c2c(C)c(N)c(-c3ccc(Cl)s3)c(Cc3cccnc3)c2C(=O)O)cc1. The maximum atomic E-state index is 13.8. The third-order valence-corrected chi connectivity index (χ3v) is 8.81. The van der Waals surface area contributed by atoms with Gasteiger partial charge in [0.15, 0.2) is 0 Å². The van der Waals surface area contributed by atoms with Gasteiger partial charge in [-0.05, 0) is 66.1 Å². The number of aromatic carboxylic acids is 1. The lowest BCUT2D eigenvalue weighted by molar-refractivity contribution is 0.0691. The van der Waals surface area contributed by atoms with Crippen LogP contribution in [-0.2, 0) is 16.3 Å². The van der Waals surface area contributed by atoms with Gasteiger partial charge in [-0.1, -0.05) is 17.7 Å². The van der Waals surface area contributed by atoms with E-state index in [2.05, 4.69) is 4.98 Å². The first-order valence-electron chi connectivity index (χ1n) is 10.4. The summed E-state index contributed by atoms with van der Waals surface area (Å²) in [4.78, 5) is 17.1. The number of nitrogen functional groups attached to an aromatic ring is 1. The van der Waals surface area contributed by atoms with E-state index < -0.39 is 15.8 Å². The van der Waals surface area contributed by atoms with Crippen LogP contribution in [0, 0.1) is 6.92 Å². The number of thiophene rings is 1. The fourth-order valence-electron chi connectivity index (χ4n) is 3.97. The molecule has 0 bridgehead atoms. The molecule has 0 aliphatic rings. The topological polar surface area (TPSA) is 120 Å². The maximum Gasteiger partial charge on any atom is 0.337 e. The number of sulfone groups is 1. The highest BCUT2D eigenvalue weighted by Gasteiger charge is 2.33. The highest BCUT2D eigenvalue weighted by atomic mass is 35.5. The number of hydrogen-bond donors (Lipinski definition) is 2. The number of aromatic nitrogens is 1. The van der Waals surface area contributed by atoms with Crippen molar-refractivity contribution >= 4 is 44.4 Å². The molecule has 0 saturated carbocycles. The van der Waals surface area contributed by atoms with E-state index in [1.165, 1.54) is 49.6 Å². The van der Waals surface area contributed by atoms with Crippen molar-refractivity contribution in [1.29, 1.82) is 0 Å². The Morgan fingerprint density at radius 3 is 2.43 bits per heavy atom. The van der Waals surface area contributed by atoms with E-state index in [0.29, 0.717) is 26.1 Å². The Bertz CT molecular complexity index is 1520. The smallest absolute Gasteiger partial charge is 0.337 e. The number of ether oxygens (including phenoxy) is 1. The standard InChI is InChI=1S/C25H21ClN2O5S2/c1-14-23(27)21(19-9-10-20(26)34-19)18(12-15-4-3-11-28-13-15)22(25(29)30)24(14)35(31,32)17-7-5-16(33-2)6-8-17/h3-11,13H,12,27H2,1-2H3,(H,29,30). The van der Waals surface area contributed by atoms with E-state index in [0.717, 1.165) is 0 Å². The van der Waals surface area contributed by atoms with Gasteiger partial charge in [0.25, 0.3) is 0 Å². The molecule has 0 amide bonds. The zero-order valence-corrected chi connectivity index (χ0v) is 21.2. The predicted molar refractivity (Wildman–Crippen MR) is 136 cm³/mol. The summed E-state index contributed by atoms with van der Waals surface area (Å²) in [7, 11) is -2.79. The van der Waals surface area contributed by atoms with Crippen LogP contribution in [0.4, 0.5) is 5.69 Å². The quantitative estimate of drug-likeness (QED) is 0.304. The molecule has 3 N–H and O–H groups in total. The number of nitrogens with two attached hydrogens (primary N) is 1. The van der Waals surface area contributed by atoms with Crippen LogP contribution in [0.5, 0.6) is 5.75 Å². The molecule has 180 valence electrons. The van der Waals surface area contributed by atoms with Crippen LogP contribution in [0.3, 0.4) is 0 Å². The summed E-state index contributed by atoms with van der Waals surface area (Å²) >= 11 is 7.41. The van der Waals surface area contributed by atoms with Gasteiger partial charge in [-0.2, -0.15) is 0 Å². The van der Waals surface area contributed by atoms with Crippen LogP contribution in [0.15, 0.2) is 70.7 Å². The van der Waals surface area contributed by atoms with E-state index in [-0.39, 0.29) is 38.6 Å². The van der Waals surface area contributed by atoms with Gasteiger partial charge in [-0.15, -0.1) is 11.3 Å². The Balaban J connectivity index is 2.08. The lowest BCUT2D eigenvalue weighted by Crippen LogP contribution is -2.18. The van der Waals surface area contributed by atoms with Gasteiger partial charge in [0.2, 0.25) is 9.84 Å². The minimum absolute atomic E-state index is 0.0671. The average Bonchev–Trinajstić information content (AvgIpc) is 3.27. The van der Waals surface area contributed by atoms with Gasteiger partial charge in [0.05, 0.1) is 26.8 Å². The van der Waals surface area contributed by atoms with Crippen LogP contribution < -0.4 is 10.5 Å². The van der Waals surface area contributed by atoms with E-state index in [9.17, 15) is 18.3 Å². The van der Waals surface area contributed by atoms with Crippen molar-refractivity contribution in [1.82, 2.24) is 4.98 Å². The third kappa shape index (κ3) is 4.62. The number of benzene rings is 2. The molecule has 4 aromatic rings. The molecule has 10 heteroatoms. The fraction of sp³-hybridized carbons (Fsp3) is 0.120. The molecule has 2 heterocycles. The number of hydrogen-bond acceptors (Lipinski definition) is 7. The number of rotatable bonds is 7. The molecular formula is C25H21ClN2O5S2. The van der Waals surface area contributed by atoms with Crippen molar-refractivity contribution in [2.45, 2.75) is 23.1 Å². The third-order valence-electron chi connectivity index (χ3n) is 5.62. The number of pyridine rings is 1. The van der Waals surface area contributed by atoms with Crippen molar-refractivity contribution in [2.24, 2.45) is 0 Å². The number of methoxy groups -OCH3 is 1. The first kappa shape index (κ1) is 24.7. The van der Waals surface area contributed by atoms with Crippen molar-refractivity contribution in [3.8, 4) is 16.2 Å². The molecule has 35 heavy (non-hydrogen) atoms. The van der Waals surface area contributed by atoms with Gasteiger partial charge >= 0.3 is 5.97 Å². The van der Waals surface area contributed by atoms with Gasteiger partial charge in [-0.25, -0.2) is 13.2 Å². The van der Waals surface area contributed by atoms with Gasteiger partial charge in [-0.3, -0.25) is 4.98 Å². The lowest BCUT2D eigenvalue weighted by atomic mass is 9.90. The minimum atomic E-state index is -4.26. The second-order valence-electron chi connectivity index (χ2n) is 7.72. The van der Waals surface area contributed by atoms with Crippen LogP contribution in [0.2, 0.25) is 4.34 Å². The molecule has 0 aliphatic carbocycles. The van der Waals surface area contributed by atoms with Crippen LogP contribution in [0.1, 0.15) is 27.0 Å². The largest absolute Gasteiger partial charge is 0.497 e. The number of carbonyl (C=O) groups is 1. The zero-order chi connectivity index (χ0) is 25.3. The van der Waals surface area contributed by atoms with Gasteiger partial charge in [0.1, 0.15) is 5.75 Å². The Morgan fingerprint density at radius 1 is 1.17 bits per heavy atom. The second-order valence-corrected chi connectivity index (χ2v) is 11.3. The highest BCUT2D eigenvalue weighted by Crippen LogP contribution is 2.44. The first-order chi connectivity index (χ1) is 16.6. The Morgan fingerprint density at radius 2 is 1.89 bits per heavy atom. The van der Waals surface area contributed by atoms with Crippen molar-refractivity contribution in [3.63, 3.8) is 0 Å². The molecule has 2 aromatic heterocycles. The van der Waals surface area contributed by atoms with E-state index >= 15 is 0 Å². The van der Waals surface area contributed by atoms with Crippen molar-refractivity contribution in [2.75, 3.05) is 12.8 Å². The highest BCUT2D eigenvalue weighted by molar-refractivity contribution is 7.91. The van der Waals surface area contributed by atoms with Gasteiger partial charge < -0.3 is 15.6 Å². The summed E-state index contributed by atoms with van der Waals surface area (Å²) in [5, 5.41) is 10.3. The number of nitrogens with zero attached hydrogens (tertiary/aromatic N) is 1. The Hall–Kier alpha value is -3.40. The molecule has 0 spiro atoms. The molecule has 0 atom stereocenters. The second kappa shape index (κ2) is 9.69.